The standard InChI is InChI=1S/C13H13Cl3N4O2S/c1-2-3-20-12(22)18-19-13(20)23-6-11(21)17-10-5-8(15)7(14)4-9(10)16/h4-5H,2-3,6H2,1H3,(H,17,21)(H,18,22). The third kappa shape index (κ3) is 4.67. The summed E-state index contributed by atoms with van der Waals surface area (Å²) in [6.45, 7) is 2.49. The van der Waals surface area contributed by atoms with Crippen molar-refractivity contribution in [3.05, 3.63) is 37.7 Å². The molecule has 0 atom stereocenters. The van der Waals surface area contributed by atoms with Crippen molar-refractivity contribution in [1.82, 2.24) is 14.8 Å². The van der Waals surface area contributed by atoms with Crippen LogP contribution >= 0.6 is 46.6 Å². The summed E-state index contributed by atoms with van der Waals surface area (Å²) in [6.07, 6.45) is 0.790. The second-order valence-electron chi connectivity index (χ2n) is 4.55. The van der Waals surface area contributed by atoms with Crippen molar-refractivity contribution in [2.75, 3.05) is 11.1 Å². The number of carbonyl (C=O) groups excluding carboxylic acids is 1. The van der Waals surface area contributed by atoms with Crippen LogP contribution in [0, 0.1) is 0 Å². The van der Waals surface area contributed by atoms with Gasteiger partial charge in [-0.15, -0.1) is 5.10 Å². The molecule has 2 aromatic rings. The zero-order valence-electron chi connectivity index (χ0n) is 12.0. The summed E-state index contributed by atoms with van der Waals surface area (Å²) in [5.41, 5.74) is 0.0851. The highest BCUT2D eigenvalue weighted by molar-refractivity contribution is 7.99. The number of benzene rings is 1. The predicted octanol–water partition coefficient (Wildman–Crippen LogP) is 3.67. The van der Waals surface area contributed by atoms with Crippen molar-refractivity contribution in [3.63, 3.8) is 0 Å². The summed E-state index contributed by atoms with van der Waals surface area (Å²) in [7, 11) is 0. The van der Waals surface area contributed by atoms with E-state index >= 15 is 0 Å². The van der Waals surface area contributed by atoms with E-state index in [0.717, 1.165) is 18.2 Å². The number of nitrogens with zero attached hydrogens (tertiary/aromatic N) is 2. The topological polar surface area (TPSA) is 79.8 Å². The Balaban J connectivity index is 2.01. The number of rotatable bonds is 6. The Labute approximate surface area is 151 Å². The number of aromatic amines is 1. The minimum atomic E-state index is -0.297. The maximum atomic E-state index is 12.0. The molecule has 0 unspecified atom stereocenters. The van der Waals surface area contributed by atoms with Crippen molar-refractivity contribution in [3.8, 4) is 0 Å². The molecule has 0 fully saturated rings. The van der Waals surface area contributed by atoms with E-state index in [4.69, 9.17) is 34.8 Å². The number of hydrogen-bond acceptors (Lipinski definition) is 4. The molecular formula is C13H13Cl3N4O2S. The zero-order chi connectivity index (χ0) is 17.0. The number of aromatic nitrogens is 3. The van der Waals surface area contributed by atoms with E-state index < -0.39 is 0 Å². The molecule has 0 bridgehead atoms. The molecule has 124 valence electrons. The highest BCUT2D eigenvalue weighted by Gasteiger charge is 2.13. The van der Waals surface area contributed by atoms with Crippen LogP contribution in [0.25, 0.3) is 0 Å². The largest absolute Gasteiger partial charge is 0.343 e. The molecule has 10 heteroatoms. The summed E-state index contributed by atoms with van der Waals surface area (Å²) < 4.78 is 1.49. The van der Waals surface area contributed by atoms with Gasteiger partial charge >= 0.3 is 5.69 Å². The van der Waals surface area contributed by atoms with Gasteiger partial charge in [0.25, 0.3) is 0 Å². The van der Waals surface area contributed by atoms with Gasteiger partial charge in [-0.3, -0.25) is 9.36 Å². The monoisotopic (exact) mass is 394 g/mol. The van der Waals surface area contributed by atoms with Crippen LogP contribution in [0.3, 0.4) is 0 Å². The van der Waals surface area contributed by atoms with Gasteiger partial charge in [-0.05, 0) is 18.6 Å². The highest BCUT2D eigenvalue weighted by Crippen LogP contribution is 2.32. The molecule has 6 nitrogen and oxygen atoms in total. The second kappa shape index (κ2) is 8.10. The lowest BCUT2D eigenvalue weighted by Crippen LogP contribution is -2.18. The lowest BCUT2D eigenvalue weighted by atomic mass is 10.3. The lowest BCUT2D eigenvalue weighted by molar-refractivity contribution is -0.113. The van der Waals surface area contributed by atoms with E-state index in [1.807, 2.05) is 6.92 Å². The SMILES string of the molecule is CCCn1c(SCC(=O)Nc2cc(Cl)c(Cl)cc2Cl)n[nH]c1=O. The number of carbonyl (C=O) groups is 1. The number of amides is 1. The van der Waals surface area contributed by atoms with Crippen LogP contribution in [0.1, 0.15) is 13.3 Å². The van der Waals surface area contributed by atoms with Crippen LogP contribution in [0.5, 0.6) is 0 Å². The van der Waals surface area contributed by atoms with Crippen molar-refractivity contribution in [1.29, 1.82) is 0 Å². The molecule has 0 saturated carbocycles. The van der Waals surface area contributed by atoms with E-state index in [2.05, 4.69) is 15.5 Å². The number of anilines is 1. The molecule has 23 heavy (non-hydrogen) atoms. The molecule has 0 radical (unpaired) electrons. The minimum absolute atomic E-state index is 0.0740. The van der Waals surface area contributed by atoms with E-state index in [1.54, 1.807) is 0 Å². The number of halogens is 3. The number of nitrogens with one attached hydrogen (secondary N) is 2. The Morgan fingerprint density at radius 2 is 2.00 bits per heavy atom. The molecule has 2 N–H and O–H groups in total. The fourth-order valence-corrected chi connectivity index (χ4v) is 3.14. The van der Waals surface area contributed by atoms with Crippen LogP contribution in [-0.4, -0.2) is 26.4 Å². The molecule has 1 heterocycles. The third-order valence-electron chi connectivity index (χ3n) is 2.79. The summed E-state index contributed by atoms with van der Waals surface area (Å²) in [6, 6.07) is 2.94. The molecule has 0 saturated heterocycles. The van der Waals surface area contributed by atoms with Crippen molar-refractivity contribution >= 4 is 58.2 Å². The first-order valence-corrected chi connectivity index (χ1v) is 8.76. The van der Waals surface area contributed by atoms with E-state index in [0.29, 0.717) is 32.5 Å². The Morgan fingerprint density at radius 3 is 2.70 bits per heavy atom. The van der Waals surface area contributed by atoms with E-state index in [9.17, 15) is 9.59 Å². The van der Waals surface area contributed by atoms with Gasteiger partial charge in [-0.1, -0.05) is 53.5 Å². The maximum absolute atomic E-state index is 12.0. The highest BCUT2D eigenvalue weighted by atomic mass is 35.5. The maximum Gasteiger partial charge on any atom is 0.343 e. The number of H-pyrrole nitrogens is 1. The lowest BCUT2D eigenvalue weighted by Gasteiger charge is -2.08. The summed E-state index contributed by atoms with van der Waals surface area (Å²) in [5, 5.41) is 10.3. The molecule has 2 rings (SSSR count). The summed E-state index contributed by atoms with van der Waals surface area (Å²) in [5.74, 6) is -0.223. The Kier molecular flexibility index (Phi) is 6.41. The number of hydrogen-bond donors (Lipinski definition) is 2. The van der Waals surface area contributed by atoms with Crippen LogP contribution in [0.15, 0.2) is 22.1 Å². The molecule has 0 spiro atoms. The molecular weight excluding hydrogens is 383 g/mol. The summed E-state index contributed by atoms with van der Waals surface area (Å²) >= 11 is 18.9. The summed E-state index contributed by atoms with van der Waals surface area (Å²) in [4.78, 5) is 23.6. The number of thioether (sulfide) groups is 1. The van der Waals surface area contributed by atoms with Crippen molar-refractivity contribution in [2.24, 2.45) is 0 Å². The Hall–Kier alpha value is -1.15. The predicted molar refractivity (Wildman–Crippen MR) is 94.0 cm³/mol. The van der Waals surface area contributed by atoms with Gasteiger partial charge in [0.2, 0.25) is 5.91 Å². The Bertz CT molecular complexity index is 775. The van der Waals surface area contributed by atoms with Gasteiger partial charge in [0.05, 0.1) is 26.5 Å². The average molecular weight is 396 g/mol. The smallest absolute Gasteiger partial charge is 0.324 e. The van der Waals surface area contributed by atoms with Crippen LogP contribution in [0.4, 0.5) is 5.69 Å². The first-order chi connectivity index (χ1) is 10.9. The van der Waals surface area contributed by atoms with Crippen molar-refractivity contribution in [2.45, 2.75) is 25.0 Å². The molecule has 1 amide bonds. The van der Waals surface area contributed by atoms with Crippen LogP contribution < -0.4 is 11.0 Å². The van der Waals surface area contributed by atoms with Gasteiger partial charge in [0.15, 0.2) is 5.16 Å². The zero-order valence-corrected chi connectivity index (χ0v) is 15.1. The molecule has 1 aromatic carbocycles. The first kappa shape index (κ1) is 18.2. The van der Waals surface area contributed by atoms with Gasteiger partial charge < -0.3 is 5.32 Å². The fourth-order valence-electron chi connectivity index (χ4n) is 1.77. The van der Waals surface area contributed by atoms with Gasteiger partial charge in [-0.2, -0.15) is 0 Å². The van der Waals surface area contributed by atoms with E-state index in [1.165, 1.54) is 16.7 Å². The normalized spacial score (nSPS) is 10.8. The fraction of sp³-hybridized carbons (Fsp3) is 0.308. The van der Waals surface area contributed by atoms with Gasteiger partial charge in [-0.25, -0.2) is 9.89 Å². The molecule has 1 aromatic heterocycles. The minimum Gasteiger partial charge on any atom is -0.324 e. The third-order valence-corrected chi connectivity index (χ3v) is 4.80. The molecule has 0 aliphatic carbocycles. The first-order valence-electron chi connectivity index (χ1n) is 6.64. The second-order valence-corrected chi connectivity index (χ2v) is 6.71. The quantitative estimate of drug-likeness (QED) is 0.577. The van der Waals surface area contributed by atoms with Crippen molar-refractivity contribution < 1.29 is 4.79 Å². The van der Waals surface area contributed by atoms with E-state index in [-0.39, 0.29) is 17.3 Å². The van der Waals surface area contributed by atoms with Crippen LogP contribution in [-0.2, 0) is 11.3 Å². The van der Waals surface area contributed by atoms with Crippen LogP contribution in [0.2, 0.25) is 15.1 Å². The average Bonchev–Trinajstić information content (AvgIpc) is 2.84. The van der Waals surface area contributed by atoms with Gasteiger partial charge in [0, 0.05) is 6.54 Å². The molecule has 0 aliphatic heterocycles. The molecule has 0 aliphatic rings. The van der Waals surface area contributed by atoms with Gasteiger partial charge in [0.1, 0.15) is 0 Å². The Morgan fingerprint density at radius 1 is 1.30 bits per heavy atom.